The molecule has 2 N–H and O–H groups in total. The minimum Gasteiger partial charge on any atom is -0.340 e. The van der Waals surface area contributed by atoms with Gasteiger partial charge in [0.15, 0.2) is 0 Å². The second-order valence-electron chi connectivity index (χ2n) is 6.48. The minimum atomic E-state index is -0.00288. The Morgan fingerprint density at radius 3 is 2.88 bits per heavy atom. The molecule has 0 spiro atoms. The Kier molecular flexibility index (Phi) is 6.60. The number of thioether (sulfide) groups is 1. The monoisotopic (exact) mass is 414 g/mol. The van der Waals surface area contributed by atoms with Gasteiger partial charge < -0.3 is 15.2 Å². The fourth-order valence-corrected chi connectivity index (χ4v) is 5.59. The first-order valence-electron chi connectivity index (χ1n) is 8.82. The van der Waals surface area contributed by atoms with Crippen LogP contribution in [0.15, 0.2) is 4.79 Å². The van der Waals surface area contributed by atoms with E-state index >= 15 is 0 Å². The normalized spacial score (nSPS) is 16.5. The number of aromatic nitrogens is 2. The summed E-state index contributed by atoms with van der Waals surface area (Å²) in [5.74, 6) is 2.34. The fraction of sp³-hybridized carbons (Fsp3) is 0.588. The van der Waals surface area contributed by atoms with E-state index in [9.17, 15) is 9.59 Å². The number of amides is 1. The van der Waals surface area contributed by atoms with Gasteiger partial charge >= 0.3 is 0 Å². The van der Waals surface area contributed by atoms with E-state index in [0.717, 1.165) is 67.2 Å². The molecule has 2 aliphatic rings. The van der Waals surface area contributed by atoms with Crippen molar-refractivity contribution in [3.8, 4) is 0 Å². The van der Waals surface area contributed by atoms with E-state index in [0.29, 0.717) is 12.2 Å². The smallest absolute Gasteiger partial charge is 0.259 e. The van der Waals surface area contributed by atoms with Crippen LogP contribution in [-0.4, -0.2) is 52.7 Å². The largest absolute Gasteiger partial charge is 0.340 e. The number of hydrogen-bond acceptors (Lipinski definition) is 6. The van der Waals surface area contributed by atoms with Crippen LogP contribution in [0.5, 0.6) is 0 Å². The summed E-state index contributed by atoms with van der Waals surface area (Å²) >= 11 is 3.33. The molecule has 1 aliphatic carbocycles. The summed E-state index contributed by atoms with van der Waals surface area (Å²) in [7, 11) is 0. The molecule has 2 aromatic rings. The van der Waals surface area contributed by atoms with E-state index in [1.807, 2.05) is 4.90 Å². The minimum absolute atomic E-state index is 0. The molecule has 1 fully saturated rings. The van der Waals surface area contributed by atoms with Crippen molar-refractivity contribution in [3.63, 3.8) is 0 Å². The Morgan fingerprint density at radius 2 is 2.08 bits per heavy atom. The van der Waals surface area contributed by atoms with Crippen LogP contribution in [0, 0.1) is 0 Å². The number of aromatic amines is 1. The molecule has 1 saturated heterocycles. The summed E-state index contributed by atoms with van der Waals surface area (Å²) in [5, 5.41) is 4.06. The molecule has 4 rings (SSSR count). The molecule has 142 valence electrons. The van der Waals surface area contributed by atoms with Gasteiger partial charge in [-0.05, 0) is 24.8 Å². The van der Waals surface area contributed by atoms with Crippen LogP contribution in [0.1, 0.15) is 29.1 Å². The number of nitrogens with one attached hydrogen (secondary N) is 2. The molecule has 9 heteroatoms. The Bertz CT molecular complexity index is 845. The van der Waals surface area contributed by atoms with Crippen LogP contribution in [0.25, 0.3) is 10.2 Å². The van der Waals surface area contributed by atoms with Gasteiger partial charge in [0, 0.05) is 43.2 Å². The van der Waals surface area contributed by atoms with Gasteiger partial charge in [0.05, 0.1) is 11.1 Å². The lowest BCUT2D eigenvalue weighted by Crippen LogP contribution is -2.46. The number of hydrogen-bond donors (Lipinski definition) is 2. The highest BCUT2D eigenvalue weighted by atomic mass is 35.5. The van der Waals surface area contributed by atoms with E-state index in [1.54, 1.807) is 23.1 Å². The van der Waals surface area contributed by atoms with Crippen molar-refractivity contribution in [1.29, 1.82) is 0 Å². The van der Waals surface area contributed by atoms with E-state index in [1.165, 1.54) is 10.4 Å². The Labute approximate surface area is 166 Å². The zero-order valence-electron chi connectivity index (χ0n) is 14.5. The number of piperazine rings is 1. The molecule has 0 saturated carbocycles. The summed E-state index contributed by atoms with van der Waals surface area (Å²) in [4.78, 5) is 36.2. The van der Waals surface area contributed by atoms with Crippen LogP contribution in [0.3, 0.4) is 0 Å². The zero-order valence-corrected chi connectivity index (χ0v) is 17.0. The van der Waals surface area contributed by atoms with Gasteiger partial charge in [-0.25, -0.2) is 4.98 Å². The van der Waals surface area contributed by atoms with Gasteiger partial charge in [0.1, 0.15) is 10.7 Å². The molecular formula is C17H23ClN4O2S2. The van der Waals surface area contributed by atoms with Gasteiger partial charge in [-0.3, -0.25) is 9.59 Å². The topological polar surface area (TPSA) is 78.1 Å². The number of H-pyrrole nitrogens is 1. The molecule has 1 amide bonds. The molecule has 0 atom stereocenters. The second kappa shape index (κ2) is 8.73. The third kappa shape index (κ3) is 4.08. The van der Waals surface area contributed by atoms with Crippen molar-refractivity contribution in [1.82, 2.24) is 20.2 Å². The van der Waals surface area contributed by atoms with Gasteiger partial charge in [-0.2, -0.15) is 11.8 Å². The third-order valence-corrected chi connectivity index (χ3v) is 6.95. The SMILES string of the molecule is Cl.O=C(CCSCc1nc2sc3c(c2c(=O)[nH]1)CCC3)N1CCNCC1. The van der Waals surface area contributed by atoms with E-state index in [4.69, 9.17) is 0 Å². The molecule has 1 aliphatic heterocycles. The molecule has 6 nitrogen and oxygen atoms in total. The van der Waals surface area contributed by atoms with Crippen molar-refractivity contribution in [2.75, 3.05) is 31.9 Å². The average molecular weight is 415 g/mol. The van der Waals surface area contributed by atoms with Crippen LogP contribution in [-0.2, 0) is 23.4 Å². The van der Waals surface area contributed by atoms with Crippen LogP contribution in [0.4, 0.5) is 0 Å². The molecule has 0 aromatic carbocycles. The van der Waals surface area contributed by atoms with E-state index in [-0.39, 0.29) is 23.9 Å². The summed E-state index contributed by atoms with van der Waals surface area (Å²) < 4.78 is 0. The molecule has 2 aromatic heterocycles. The number of aryl methyl sites for hydroxylation is 2. The summed E-state index contributed by atoms with van der Waals surface area (Å²) in [6.07, 6.45) is 3.77. The number of carbonyl (C=O) groups is 1. The highest BCUT2D eigenvalue weighted by Crippen LogP contribution is 2.34. The maximum Gasteiger partial charge on any atom is 0.259 e. The van der Waals surface area contributed by atoms with Gasteiger partial charge in [0.2, 0.25) is 5.91 Å². The van der Waals surface area contributed by atoms with Crippen molar-refractivity contribution >= 4 is 51.6 Å². The molecule has 0 bridgehead atoms. The number of halogens is 1. The van der Waals surface area contributed by atoms with Crippen LogP contribution >= 0.6 is 35.5 Å². The van der Waals surface area contributed by atoms with Crippen molar-refractivity contribution in [2.45, 2.75) is 31.4 Å². The summed E-state index contributed by atoms with van der Waals surface area (Å²) in [6, 6.07) is 0. The highest BCUT2D eigenvalue weighted by Gasteiger charge is 2.21. The number of thiophene rings is 1. The summed E-state index contributed by atoms with van der Waals surface area (Å²) in [6.45, 7) is 3.37. The first-order valence-corrected chi connectivity index (χ1v) is 10.8. The highest BCUT2D eigenvalue weighted by molar-refractivity contribution is 7.98. The first kappa shape index (κ1) is 19.7. The quantitative estimate of drug-likeness (QED) is 0.731. The lowest BCUT2D eigenvalue weighted by molar-refractivity contribution is -0.131. The zero-order chi connectivity index (χ0) is 17.2. The maximum absolute atomic E-state index is 12.4. The van der Waals surface area contributed by atoms with Gasteiger partial charge in [-0.1, -0.05) is 0 Å². The van der Waals surface area contributed by atoms with E-state index < -0.39 is 0 Å². The fourth-order valence-electron chi connectivity index (χ4n) is 3.52. The third-order valence-electron chi connectivity index (χ3n) is 4.79. The first-order chi connectivity index (χ1) is 12.2. The number of carbonyl (C=O) groups excluding carboxylic acids is 1. The second-order valence-corrected chi connectivity index (χ2v) is 8.67. The van der Waals surface area contributed by atoms with Gasteiger partial charge in [-0.15, -0.1) is 23.7 Å². The molecule has 3 heterocycles. The van der Waals surface area contributed by atoms with Crippen molar-refractivity contribution in [2.24, 2.45) is 0 Å². The molecule has 0 unspecified atom stereocenters. The molecular weight excluding hydrogens is 392 g/mol. The molecule has 26 heavy (non-hydrogen) atoms. The van der Waals surface area contributed by atoms with Crippen molar-refractivity contribution < 1.29 is 4.79 Å². The Hall–Kier alpha value is -1.09. The Morgan fingerprint density at radius 1 is 1.27 bits per heavy atom. The molecule has 0 radical (unpaired) electrons. The van der Waals surface area contributed by atoms with Crippen molar-refractivity contribution in [3.05, 3.63) is 26.6 Å². The standard InChI is InChI=1S/C17H22N4O2S2.ClH/c22-14(21-7-5-18-6-8-21)4-9-24-10-13-19-16(23)15-11-2-1-3-12(11)25-17(15)20-13;/h18H,1-10H2,(H,19,20,23);1H. The summed E-state index contributed by atoms with van der Waals surface area (Å²) in [5.41, 5.74) is 1.21. The lowest BCUT2D eigenvalue weighted by Gasteiger charge is -2.27. The van der Waals surface area contributed by atoms with Crippen LogP contribution < -0.4 is 10.9 Å². The van der Waals surface area contributed by atoms with E-state index in [2.05, 4.69) is 15.3 Å². The number of rotatable bonds is 5. The number of nitrogens with zero attached hydrogens (tertiary/aromatic N) is 2. The predicted molar refractivity (Wildman–Crippen MR) is 110 cm³/mol. The maximum atomic E-state index is 12.4. The van der Waals surface area contributed by atoms with Gasteiger partial charge in [0.25, 0.3) is 5.56 Å². The average Bonchev–Trinajstić information content (AvgIpc) is 3.20. The number of fused-ring (bicyclic) bond motifs is 3. The van der Waals surface area contributed by atoms with Crippen LogP contribution in [0.2, 0.25) is 0 Å². The predicted octanol–water partition coefficient (Wildman–Crippen LogP) is 1.95. The Balaban J connectivity index is 0.00000196. The lowest BCUT2D eigenvalue weighted by atomic mass is 10.2.